The Morgan fingerprint density at radius 3 is 1.50 bits per heavy atom. The molecule has 0 aromatic carbocycles. The van der Waals surface area contributed by atoms with Crippen molar-refractivity contribution in [3.05, 3.63) is 0 Å². The molecule has 0 bridgehead atoms. The fourth-order valence-electron chi connectivity index (χ4n) is 0.705. The van der Waals surface area contributed by atoms with Crippen LogP contribution in [0, 0.1) is 0 Å². The van der Waals surface area contributed by atoms with E-state index in [1.165, 1.54) is 0 Å². The van der Waals surface area contributed by atoms with Crippen LogP contribution in [0.3, 0.4) is 0 Å². The highest BCUT2D eigenvalue weighted by atomic mass is 35.5. The molecular weight excluding hydrogens is 242 g/mol. The van der Waals surface area contributed by atoms with Gasteiger partial charge in [0.1, 0.15) is 0 Å². The maximum atomic E-state index is 5.82. The van der Waals surface area contributed by atoms with Crippen molar-refractivity contribution in [2.75, 3.05) is 18.3 Å². The number of hydrogen-bond acceptors (Lipinski definition) is 2. The van der Waals surface area contributed by atoms with Crippen molar-refractivity contribution in [2.24, 2.45) is 11.5 Å². The van der Waals surface area contributed by atoms with Crippen LogP contribution in [0.25, 0.3) is 0 Å². The van der Waals surface area contributed by atoms with Gasteiger partial charge in [-0.3, -0.25) is 0 Å². The van der Waals surface area contributed by atoms with Crippen LogP contribution in [0.1, 0.15) is 12.8 Å². The molecule has 0 fully saturated rings. The number of rotatable bonds is 5. The highest BCUT2D eigenvalue weighted by molar-refractivity contribution is 6.18. The van der Waals surface area contributed by atoms with Crippen LogP contribution in [0.2, 0.25) is 0 Å². The molecule has 0 spiro atoms. The van der Waals surface area contributed by atoms with Gasteiger partial charge in [0, 0.05) is 23.8 Å². The van der Waals surface area contributed by atoms with Gasteiger partial charge in [-0.15, -0.1) is 48.0 Å². The monoisotopic (exact) mass is 256 g/mol. The lowest BCUT2D eigenvalue weighted by Crippen LogP contribution is -2.47. The van der Waals surface area contributed by atoms with Gasteiger partial charge in [-0.05, 0) is 12.8 Å². The largest absolute Gasteiger partial charge is 0.329 e. The highest BCUT2D eigenvalue weighted by Crippen LogP contribution is 2.11. The Hall–Kier alpha value is 1.08. The van der Waals surface area contributed by atoms with Gasteiger partial charge in [0.05, 0.1) is 0 Å². The molecule has 0 atom stereocenters. The van der Waals surface area contributed by atoms with Gasteiger partial charge < -0.3 is 11.5 Å². The normalized spacial score (nSPS) is 10.0. The number of hydrogen-bond donors (Lipinski definition) is 2. The smallest absolute Gasteiger partial charge is 0.0301 e. The van der Waals surface area contributed by atoms with Gasteiger partial charge in [0.25, 0.3) is 0 Å². The zero-order valence-electron chi connectivity index (χ0n) is 6.76. The lowest BCUT2D eigenvalue weighted by molar-refractivity contribution is 0.411. The molecule has 0 saturated heterocycles. The Bertz CT molecular complexity index is 85.6. The number of alkyl halides is 2. The van der Waals surface area contributed by atoms with Crippen molar-refractivity contribution in [2.45, 2.75) is 18.4 Å². The molecule has 0 unspecified atom stereocenters. The Balaban J connectivity index is -0.000000405. The van der Waals surface area contributed by atoms with E-state index in [9.17, 15) is 0 Å². The summed E-state index contributed by atoms with van der Waals surface area (Å²) >= 11 is 11.0. The fourth-order valence-corrected chi connectivity index (χ4v) is 1.46. The molecule has 2 nitrogen and oxygen atoms in total. The van der Waals surface area contributed by atoms with E-state index in [-0.39, 0.29) is 30.4 Å². The third-order valence-electron chi connectivity index (χ3n) is 1.59. The van der Waals surface area contributed by atoms with E-state index in [4.69, 9.17) is 34.7 Å². The molecule has 0 heterocycles. The van der Waals surface area contributed by atoms with Crippen molar-refractivity contribution in [3.63, 3.8) is 0 Å². The second kappa shape index (κ2) is 10.2. The molecule has 4 N–H and O–H groups in total. The summed E-state index contributed by atoms with van der Waals surface area (Å²) in [5, 5.41) is 0. The Labute approximate surface area is 96.2 Å². The van der Waals surface area contributed by atoms with Crippen LogP contribution in [-0.2, 0) is 0 Å². The zero-order valence-corrected chi connectivity index (χ0v) is 9.91. The van der Waals surface area contributed by atoms with Gasteiger partial charge in [-0.1, -0.05) is 0 Å². The average Bonchev–Trinajstić information content (AvgIpc) is 1.89. The van der Waals surface area contributed by atoms with Crippen LogP contribution < -0.4 is 11.5 Å². The maximum Gasteiger partial charge on any atom is 0.0301 e. The van der Waals surface area contributed by atoms with Crippen LogP contribution in [0.15, 0.2) is 0 Å². The van der Waals surface area contributed by atoms with Gasteiger partial charge in [-0.25, -0.2) is 0 Å². The van der Waals surface area contributed by atoms with Crippen molar-refractivity contribution < 1.29 is 0 Å². The first kappa shape index (κ1) is 18.8. The fraction of sp³-hybridized carbons (Fsp3) is 1.00. The van der Waals surface area contributed by atoms with Crippen LogP contribution in [0.5, 0.6) is 0 Å². The second-order valence-corrected chi connectivity index (χ2v) is 3.20. The summed E-state index contributed by atoms with van der Waals surface area (Å²) in [4.78, 5) is 0. The summed E-state index contributed by atoms with van der Waals surface area (Å²) < 4.78 is 0. The minimum absolute atomic E-state index is 0. The molecule has 0 rings (SSSR count). The van der Waals surface area contributed by atoms with Crippen molar-refractivity contribution >= 4 is 48.0 Å². The van der Waals surface area contributed by atoms with E-state index < -0.39 is 0 Å². The summed E-state index contributed by atoms with van der Waals surface area (Å²) in [5.41, 5.74) is 10.9. The summed E-state index contributed by atoms with van der Waals surface area (Å²) in [6.45, 7) is 0.451. The van der Waals surface area contributed by atoms with Gasteiger partial charge in [-0.2, -0.15) is 0 Å². The van der Waals surface area contributed by atoms with Gasteiger partial charge >= 0.3 is 0 Å². The number of nitrogens with two attached hydrogens (primary N) is 2. The van der Waals surface area contributed by atoms with E-state index in [0.29, 0.717) is 18.3 Å². The Morgan fingerprint density at radius 1 is 1.00 bits per heavy atom. The van der Waals surface area contributed by atoms with E-state index >= 15 is 0 Å². The summed E-state index contributed by atoms with van der Waals surface area (Å²) in [6, 6.07) is 0. The van der Waals surface area contributed by atoms with Crippen LogP contribution >= 0.6 is 48.0 Å². The van der Waals surface area contributed by atoms with Crippen LogP contribution in [-0.4, -0.2) is 23.8 Å². The summed E-state index contributed by atoms with van der Waals surface area (Å²) in [6.07, 6.45) is 1.47. The molecule has 6 heteroatoms. The minimum Gasteiger partial charge on any atom is -0.329 e. The standard InChI is InChI=1S/C6H14Cl2N2.2ClH/c7-3-1-6(10,5-9)2-4-8;;/h1-5,9-10H2;2*1H. The molecule has 12 heavy (non-hydrogen) atoms. The summed E-state index contributed by atoms with van der Waals surface area (Å²) in [7, 11) is 0. The zero-order chi connectivity index (χ0) is 8.04. The second-order valence-electron chi connectivity index (χ2n) is 2.44. The maximum absolute atomic E-state index is 5.82. The first-order valence-corrected chi connectivity index (χ1v) is 4.36. The predicted molar refractivity (Wildman–Crippen MR) is 61.1 cm³/mol. The first-order chi connectivity index (χ1) is 4.68. The first-order valence-electron chi connectivity index (χ1n) is 3.29. The molecule has 0 aliphatic rings. The molecule has 0 aromatic rings. The van der Waals surface area contributed by atoms with E-state index in [1.54, 1.807) is 0 Å². The molecule has 78 valence electrons. The van der Waals surface area contributed by atoms with Gasteiger partial charge in [0.2, 0.25) is 0 Å². The SMILES string of the molecule is Cl.Cl.NCC(N)(CCCl)CCCl. The van der Waals surface area contributed by atoms with E-state index in [0.717, 1.165) is 12.8 Å². The van der Waals surface area contributed by atoms with E-state index in [1.807, 2.05) is 0 Å². The van der Waals surface area contributed by atoms with E-state index in [2.05, 4.69) is 0 Å². The Morgan fingerprint density at radius 2 is 1.33 bits per heavy atom. The molecule has 0 aliphatic carbocycles. The molecule has 0 aliphatic heterocycles. The van der Waals surface area contributed by atoms with Gasteiger partial charge in [0.15, 0.2) is 0 Å². The van der Waals surface area contributed by atoms with Crippen LogP contribution in [0.4, 0.5) is 0 Å². The quantitative estimate of drug-likeness (QED) is 0.738. The molecular formula is C6H16Cl4N2. The lowest BCUT2D eigenvalue weighted by Gasteiger charge is -2.25. The molecule has 0 amide bonds. The average molecular weight is 258 g/mol. The van der Waals surface area contributed by atoms with Crippen molar-refractivity contribution in [1.82, 2.24) is 0 Å². The topological polar surface area (TPSA) is 52.0 Å². The summed E-state index contributed by atoms with van der Waals surface area (Å²) in [5.74, 6) is 1.09. The third kappa shape index (κ3) is 7.71. The lowest BCUT2D eigenvalue weighted by atomic mass is 9.95. The number of halogens is 4. The minimum atomic E-state index is -0.344. The molecule has 0 saturated carbocycles. The Kier molecular flexibility index (Phi) is 15.9. The van der Waals surface area contributed by atoms with Crippen molar-refractivity contribution in [3.8, 4) is 0 Å². The molecule has 0 aromatic heterocycles. The highest BCUT2D eigenvalue weighted by Gasteiger charge is 2.20. The molecule has 0 radical (unpaired) electrons. The predicted octanol–water partition coefficient (Wildman–Crippen LogP) is 1.74. The third-order valence-corrected chi connectivity index (χ3v) is 1.97. The van der Waals surface area contributed by atoms with Crippen molar-refractivity contribution in [1.29, 1.82) is 0 Å².